The van der Waals surface area contributed by atoms with Crippen LogP contribution in [0.4, 0.5) is 4.39 Å². The molecule has 0 spiro atoms. The van der Waals surface area contributed by atoms with Gasteiger partial charge in [-0.3, -0.25) is 4.57 Å². The zero-order chi connectivity index (χ0) is 15.1. The molecule has 1 aromatic heterocycles. The molecular formula is C15H11FN2O3. The zero-order valence-electron chi connectivity index (χ0n) is 11.1. The Morgan fingerprint density at radius 3 is 2.71 bits per heavy atom. The molecule has 3 aromatic rings. The summed E-state index contributed by atoms with van der Waals surface area (Å²) in [6, 6.07) is 8.49. The zero-order valence-corrected chi connectivity index (χ0v) is 11.1. The Morgan fingerprint density at radius 1 is 1.24 bits per heavy atom. The summed E-state index contributed by atoms with van der Waals surface area (Å²) in [6.07, 6.45) is 0. The Morgan fingerprint density at radius 2 is 2.00 bits per heavy atom. The number of nitrogens with one attached hydrogen (secondary N) is 1. The number of imidazole rings is 1. The molecule has 0 radical (unpaired) electrons. The maximum atomic E-state index is 13.4. The summed E-state index contributed by atoms with van der Waals surface area (Å²) in [5, 5.41) is 8.97. The number of fused-ring (bicyclic) bond motifs is 1. The Bertz CT molecular complexity index is 924. The molecule has 2 aromatic carbocycles. The molecule has 0 unspecified atom stereocenters. The molecule has 3 rings (SSSR count). The average molecular weight is 286 g/mol. The van der Waals surface area contributed by atoms with Crippen LogP contribution >= 0.6 is 0 Å². The van der Waals surface area contributed by atoms with Crippen molar-refractivity contribution in [1.29, 1.82) is 0 Å². The predicted molar refractivity (Wildman–Crippen MR) is 75.6 cm³/mol. The number of carboxylic acid groups (broad SMARTS) is 1. The normalized spacial score (nSPS) is 11.0. The Hall–Kier alpha value is -2.89. The molecule has 106 valence electrons. The number of hydrogen-bond acceptors (Lipinski definition) is 2. The van der Waals surface area contributed by atoms with Gasteiger partial charge in [0.2, 0.25) is 0 Å². The Labute approximate surface area is 118 Å². The summed E-state index contributed by atoms with van der Waals surface area (Å²) in [5.74, 6) is -1.52. The maximum absolute atomic E-state index is 13.4. The van der Waals surface area contributed by atoms with Gasteiger partial charge in [-0.1, -0.05) is 6.07 Å². The fourth-order valence-corrected chi connectivity index (χ4v) is 2.31. The number of carbonyl (C=O) groups is 1. The molecule has 0 atom stereocenters. The van der Waals surface area contributed by atoms with Crippen LogP contribution in [0.3, 0.4) is 0 Å². The lowest BCUT2D eigenvalue weighted by Crippen LogP contribution is -2.15. The molecule has 0 saturated heterocycles. The number of H-pyrrole nitrogens is 1. The smallest absolute Gasteiger partial charge is 0.335 e. The van der Waals surface area contributed by atoms with Crippen LogP contribution in [0.1, 0.15) is 15.9 Å². The monoisotopic (exact) mass is 286 g/mol. The van der Waals surface area contributed by atoms with Gasteiger partial charge in [0.15, 0.2) is 0 Å². The van der Waals surface area contributed by atoms with Gasteiger partial charge in [-0.25, -0.2) is 14.0 Å². The van der Waals surface area contributed by atoms with Crippen molar-refractivity contribution >= 4 is 17.0 Å². The Kier molecular flexibility index (Phi) is 2.86. The van der Waals surface area contributed by atoms with Gasteiger partial charge in [-0.05, 0) is 42.8 Å². The summed E-state index contributed by atoms with van der Waals surface area (Å²) in [6.45, 7) is 1.77. The minimum Gasteiger partial charge on any atom is -0.478 e. The number of aryl methyl sites for hydroxylation is 1. The van der Waals surface area contributed by atoms with Crippen molar-refractivity contribution in [3.63, 3.8) is 0 Å². The summed E-state index contributed by atoms with van der Waals surface area (Å²) in [7, 11) is 0. The van der Waals surface area contributed by atoms with E-state index < -0.39 is 17.5 Å². The first-order valence-corrected chi connectivity index (χ1v) is 6.22. The van der Waals surface area contributed by atoms with Crippen LogP contribution in [-0.4, -0.2) is 20.6 Å². The van der Waals surface area contributed by atoms with Crippen LogP contribution in [0.25, 0.3) is 16.7 Å². The molecule has 0 amide bonds. The highest BCUT2D eigenvalue weighted by Gasteiger charge is 2.13. The molecule has 0 aliphatic carbocycles. The van der Waals surface area contributed by atoms with E-state index in [0.29, 0.717) is 16.7 Å². The third-order valence-corrected chi connectivity index (χ3v) is 3.34. The fourth-order valence-electron chi connectivity index (χ4n) is 2.31. The molecule has 21 heavy (non-hydrogen) atoms. The van der Waals surface area contributed by atoms with Crippen molar-refractivity contribution in [2.24, 2.45) is 0 Å². The summed E-state index contributed by atoms with van der Waals surface area (Å²) < 4.78 is 14.8. The van der Waals surface area contributed by atoms with Crippen LogP contribution in [0, 0.1) is 12.7 Å². The highest BCUT2D eigenvalue weighted by atomic mass is 19.1. The number of rotatable bonds is 2. The lowest BCUT2D eigenvalue weighted by atomic mass is 10.1. The van der Waals surface area contributed by atoms with E-state index in [1.54, 1.807) is 13.0 Å². The second-order valence-electron chi connectivity index (χ2n) is 4.73. The average Bonchev–Trinajstić information content (AvgIpc) is 2.76. The van der Waals surface area contributed by atoms with E-state index in [1.165, 1.54) is 34.9 Å². The van der Waals surface area contributed by atoms with Gasteiger partial charge < -0.3 is 10.1 Å². The lowest BCUT2D eigenvalue weighted by Gasteiger charge is -2.07. The predicted octanol–water partition coefficient (Wildman–Crippen LogP) is 2.46. The fraction of sp³-hybridized carbons (Fsp3) is 0.0667. The van der Waals surface area contributed by atoms with Gasteiger partial charge in [0.05, 0.1) is 22.3 Å². The quantitative estimate of drug-likeness (QED) is 0.760. The molecule has 1 heterocycles. The standard InChI is InChI=1S/C15H11FN2O3/c1-8-2-4-10(16)7-13(8)18-12-5-3-9(14(19)20)6-11(12)17-15(18)21/h2-7H,1H3,(H,17,21)(H,19,20). The highest BCUT2D eigenvalue weighted by molar-refractivity contribution is 5.92. The first-order chi connectivity index (χ1) is 9.97. The van der Waals surface area contributed by atoms with Crippen LogP contribution in [0.15, 0.2) is 41.2 Å². The first kappa shape index (κ1) is 13.1. The van der Waals surface area contributed by atoms with Crippen molar-refractivity contribution < 1.29 is 14.3 Å². The third kappa shape index (κ3) is 2.10. The van der Waals surface area contributed by atoms with Gasteiger partial charge in [0, 0.05) is 0 Å². The number of aromatic carboxylic acids is 1. The van der Waals surface area contributed by atoms with E-state index in [1.807, 2.05) is 0 Å². The van der Waals surface area contributed by atoms with E-state index in [0.717, 1.165) is 5.56 Å². The molecular weight excluding hydrogens is 275 g/mol. The number of nitrogens with zero attached hydrogens (tertiary/aromatic N) is 1. The van der Waals surface area contributed by atoms with Crippen molar-refractivity contribution in [3.8, 4) is 5.69 Å². The van der Waals surface area contributed by atoms with E-state index in [2.05, 4.69) is 4.98 Å². The molecule has 0 aliphatic rings. The van der Waals surface area contributed by atoms with E-state index in [9.17, 15) is 14.0 Å². The maximum Gasteiger partial charge on any atom is 0.335 e. The minimum absolute atomic E-state index is 0.0758. The number of aromatic nitrogens is 2. The van der Waals surface area contributed by atoms with E-state index in [-0.39, 0.29) is 5.56 Å². The SMILES string of the molecule is Cc1ccc(F)cc1-n1c(=O)[nH]c2cc(C(=O)O)ccc21. The molecule has 2 N–H and O–H groups in total. The number of hydrogen-bond donors (Lipinski definition) is 2. The molecule has 0 aliphatic heterocycles. The molecule has 5 nitrogen and oxygen atoms in total. The first-order valence-electron chi connectivity index (χ1n) is 6.22. The molecule has 0 bridgehead atoms. The number of halogens is 1. The topological polar surface area (TPSA) is 75.1 Å². The van der Waals surface area contributed by atoms with Crippen molar-refractivity contribution in [2.75, 3.05) is 0 Å². The largest absolute Gasteiger partial charge is 0.478 e. The third-order valence-electron chi connectivity index (χ3n) is 3.34. The number of aromatic amines is 1. The summed E-state index contributed by atoms with van der Waals surface area (Å²) in [5.41, 5.74) is 1.69. The highest BCUT2D eigenvalue weighted by Crippen LogP contribution is 2.20. The molecule has 0 saturated carbocycles. The number of benzene rings is 2. The van der Waals surface area contributed by atoms with Crippen molar-refractivity contribution in [1.82, 2.24) is 9.55 Å². The van der Waals surface area contributed by atoms with Gasteiger partial charge in [0.25, 0.3) is 0 Å². The second-order valence-corrected chi connectivity index (χ2v) is 4.73. The molecule has 6 heteroatoms. The minimum atomic E-state index is -1.08. The summed E-state index contributed by atoms with van der Waals surface area (Å²) in [4.78, 5) is 25.7. The van der Waals surface area contributed by atoms with Crippen molar-refractivity contribution in [2.45, 2.75) is 6.92 Å². The molecule has 0 fully saturated rings. The summed E-state index contributed by atoms with van der Waals surface area (Å²) >= 11 is 0. The van der Waals surface area contributed by atoms with Gasteiger partial charge in [0.1, 0.15) is 5.82 Å². The van der Waals surface area contributed by atoms with Crippen LogP contribution in [0.2, 0.25) is 0 Å². The van der Waals surface area contributed by atoms with Gasteiger partial charge in [-0.2, -0.15) is 0 Å². The van der Waals surface area contributed by atoms with Crippen LogP contribution < -0.4 is 5.69 Å². The van der Waals surface area contributed by atoms with Gasteiger partial charge >= 0.3 is 11.7 Å². The van der Waals surface area contributed by atoms with Crippen LogP contribution in [0.5, 0.6) is 0 Å². The number of carboxylic acids is 1. The van der Waals surface area contributed by atoms with E-state index >= 15 is 0 Å². The van der Waals surface area contributed by atoms with Crippen molar-refractivity contribution in [3.05, 3.63) is 63.8 Å². The van der Waals surface area contributed by atoms with Gasteiger partial charge in [-0.15, -0.1) is 0 Å². The van der Waals surface area contributed by atoms with E-state index in [4.69, 9.17) is 5.11 Å². The second kappa shape index (κ2) is 4.59. The lowest BCUT2D eigenvalue weighted by molar-refractivity contribution is 0.0697. The Balaban J connectivity index is 2.33. The van der Waals surface area contributed by atoms with Crippen LogP contribution in [-0.2, 0) is 0 Å².